The van der Waals surface area contributed by atoms with Crippen LogP contribution in [0.3, 0.4) is 0 Å². The molecule has 0 aromatic heterocycles. The van der Waals surface area contributed by atoms with Crippen LogP contribution in [-0.4, -0.2) is 14.5 Å². The van der Waals surface area contributed by atoms with E-state index in [4.69, 9.17) is 0 Å². The Balaban J connectivity index is 1.99. The van der Waals surface area contributed by atoms with Gasteiger partial charge in [0.15, 0.2) is 0 Å². The number of hydrogen-bond acceptors (Lipinski definition) is 2. The first-order valence-electron chi connectivity index (χ1n) is 5.82. The van der Waals surface area contributed by atoms with Gasteiger partial charge in [-0.1, -0.05) is 30.3 Å². The van der Waals surface area contributed by atoms with E-state index in [1.807, 2.05) is 37.3 Å². The van der Waals surface area contributed by atoms with Gasteiger partial charge in [-0.15, -0.1) is 0 Å². The minimum atomic E-state index is -3.31. The quantitative estimate of drug-likeness (QED) is 0.873. The Bertz CT molecular complexity index is 489. The Morgan fingerprint density at radius 3 is 2.53 bits per heavy atom. The number of rotatable bonds is 5. The summed E-state index contributed by atoms with van der Waals surface area (Å²) in [6.07, 6.45) is 3.88. The fourth-order valence-corrected chi connectivity index (χ4v) is 2.85. The molecular weight excluding hydrogens is 234 g/mol. The Hall–Kier alpha value is -1.13. The van der Waals surface area contributed by atoms with E-state index < -0.39 is 10.0 Å². The Morgan fingerprint density at radius 1 is 1.29 bits per heavy atom. The molecular formula is C13H17NO2S. The van der Waals surface area contributed by atoms with Crippen LogP contribution in [0.15, 0.2) is 35.7 Å². The normalized spacial score (nSPS) is 18.4. The zero-order valence-electron chi connectivity index (χ0n) is 9.84. The lowest BCUT2D eigenvalue weighted by Gasteiger charge is -2.10. The van der Waals surface area contributed by atoms with Crippen molar-refractivity contribution in [3.63, 3.8) is 0 Å². The molecule has 4 heteroatoms. The molecule has 1 fully saturated rings. The van der Waals surface area contributed by atoms with Crippen LogP contribution in [0.4, 0.5) is 0 Å². The summed E-state index contributed by atoms with van der Waals surface area (Å²) in [6.45, 7) is 1.92. The molecule has 1 aromatic rings. The van der Waals surface area contributed by atoms with Gasteiger partial charge >= 0.3 is 0 Å². The van der Waals surface area contributed by atoms with Gasteiger partial charge < -0.3 is 0 Å². The van der Waals surface area contributed by atoms with Gasteiger partial charge in [-0.25, -0.2) is 13.1 Å². The minimum absolute atomic E-state index is 0.0421. The van der Waals surface area contributed by atoms with Gasteiger partial charge in [-0.2, -0.15) is 0 Å². The summed E-state index contributed by atoms with van der Waals surface area (Å²) in [5.74, 6) is 0.523. The molecule has 1 aromatic carbocycles. The van der Waals surface area contributed by atoms with E-state index >= 15 is 0 Å². The number of sulfonamides is 1. The van der Waals surface area contributed by atoms with Crippen molar-refractivity contribution in [2.45, 2.75) is 25.8 Å². The third kappa shape index (κ3) is 3.98. The van der Waals surface area contributed by atoms with Crippen LogP contribution in [0.1, 0.15) is 25.3 Å². The van der Waals surface area contributed by atoms with Crippen LogP contribution in [0.5, 0.6) is 0 Å². The lowest BCUT2D eigenvalue weighted by Crippen LogP contribution is -2.32. The van der Waals surface area contributed by atoms with E-state index in [2.05, 4.69) is 4.72 Å². The highest BCUT2D eigenvalue weighted by atomic mass is 32.2. The molecule has 1 aliphatic rings. The number of hydrogen-bond donors (Lipinski definition) is 1. The third-order valence-electron chi connectivity index (χ3n) is 2.92. The van der Waals surface area contributed by atoms with Gasteiger partial charge in [0.25, 0.3) is 0 Å². The van der Waals surface area contributed by atoms with Crippen molar-refractivity contribution in [2.75, 3.05) is 0 Å². The summed E-state index contributed by atoms with van der Waals surface area (Å²) in [4.78, 5) is 0. The second-order valence-corrected chi connectivity index (χ2v) is 6.10. The number of nitrogens with one attached hydrogen (secondary N) is 1. The average molecular weight is 251 g/mol. The van der Waals surface area contributed by atoms with Crippen LogP contribution in [-0.2, 0) is 10.0 Å². The smallest absolute Gasteiger partial charge is 0.209 e. The predicted molar refractivity (Wildman–Crippen MR) is 69.7 cm³/mol. The van der Waals surface area contributed by atoms with E-state index in [-0.39, 0.29) is 6.04 Å². The highest BCUT2D eigenvalue weighted by Gasteiger charge is 2.29. The Labute approximate surface area is 103 Å². The molecule has 0 bridgehead atoms. The van der Waals surface area contributed by atoms with Crippen LogP contribution in [0.2, 0.25) is 0 Å². The van der Waals surface area contributed by atoms with Crippen molar-refractivity contribution in [3.8, 4) is 0 Å². The largest absolute Gasteiger partial charge is 0.233 e. The van der Waals surface area contributed by atoms with Gasteiger partial charge in [-0.05, 0) is 37.3 Å². The molecule has 1 N–H and O–H groups in total. The summed E-state index contributed by atoms with van der Waals surface area (Å²) < 4.78 is 26.2. The molecule has 0 amide bonds. The highest BCUT2D eigenvalue weighted by molar-refractivity contribution is 7.92. The van der Waals surface area contributed by atoms with Crippen LogP contribution < -0.4 is 4.72 Å². The van der Waals surface area contributed by atoms with Gasteiger partial charge in [0.05, 0.1) is 0 Å². The van der Waals surface area contributed by atoms with Gasteiger partial charge in [0.2, 0.25) is 10.0 Å². The Kier molecular flexibility index (Phi) is 3.64. The summed E-state index contributed by atoms with van der Waals surface area (Å²) >= 11 is 0. The van der Waals surface area contributed by atoms with Crippen molar-refractivity contribution in [1.29, 1.82) is 0 Å². The number of benzene rings is 1. The van der Waals surface area contributed by atoms with Crippen LogP contribution in [0, 0.1) is 5.92 Å². The molecule has 0 radical (unpaired) electrons. The van der Waals surface area contributed by atoms with Crippen molar-refractivity contribution >= 4 is 16.1 Å². The molecule has 0 spiro atoms. The van der Waals surface area contributed by atoms with Crippen molar-refractivity contribution in [3.05, 3.63) is 41.3 Å². The summed E-state index contributed by atoms with van der Waals surface area (Å²) in [5, 5.41) is 1.24. The maximum atomic E-state index is 11.7. The van der Waals surface area contributed by atoms with Gasteiger partial charge in [0.1, 0.15) is 0 Å². The standard InChI is InChI=1S/C13H17NO2S/c1-11(13-7-8-13)14-17(15,16)10-9-12-5-3-2-4-6-12/h2-6,9-11,13-14H,7-8H2,1H3/b10-9+/t11-/m1/s1. The molecule has 1 atom stereocenters. The fraction of sp³-hybridized carbons (Fsp3) is 0.385. The third-order valence-corrected chi connectivity index (χ3v) is 4.11. The first-order valence-corrected chi connectivity index (χ1v) is 7.37. The fourth-order valence-electron chi connectivity index (χ4n) is 1.72. The van der Waals surface area contributed by atoms with E-state index in [0.29, 0.717) is 5.92 Å². The van der Waals surface area contributed by atoms with Crippen molar-refractivity contribution in [2.24, 2.45) is 5.92 Å². The molecule has 0 saturated heterocycles. The molecule has 17 heavy (non-hydrogen) atoms. The first-order chi connectivity index (χ1) is 8.07. The zero-order chi connectivity index (χ0) is 12.3. The summed E-state index contributed by atoms with van der Waals surface area (Å²) in [5.41, 5.74) is 0.886. The second kappa shape index (κ2) is 5.02. The van der Waals surface area contributed by atoms with Crippen LogP contribution in [0.25, 0.3) is 6.08 Å². The van der Waals surface area contributed by atoms with E-state index in [1.54, 1.807) is 6.08 Å². The molecule has 92 valence electrons. The first kappa shape index (κ1) is 12.3. The highest BCUT2D eigenvalue weighted by Crippen LogP contribution is 2.32. The maximum absolute atomic E-state index is 11.7. The molecule has 0 heterocycles. The second-order valence-electron chi connectivity index (χ2n) is 4.50. The lowest BCUT2D eigenvalue weighted by atomic mass is 10.2. The zero-order valence-corrected chi connectivity index (χ0v) is 10.7. The summed E-state index contributed by atoms with van der Waals surface area (Å²) in [6, 6.07) is 9.45. The molecule has 0 aliphatic heterocycles. The lowest BCUT2D eigenvalue weighted by molar-refractivity contribution is 0.545. The monoisotopic (exact) mass is 251 g/mol. The molecule has 1 aliphatic carbocycles. The van der Waals surface area contributed by atoms with E-state index in [1.165, 1.54) is 5.41 Å². The topological polar surface area (TPSA) is 46.2 Å². The molecule has 0 unspecified atom stereocenters. The van der Waals surface area contributed by atoms with Crippen molar-refractivity contribution in [1.82, 2.24) is 4.72 Å². The minimum Gasteiger partial charge on any atom is -0.209 e. The Morgan fingerprint density at radius 2 is 1.94 bits per heavy atom. The van der Waals surface area contributed by atoms with Gasteiger partial charge in [0, 0.05) is 11.4 Å². The van der Waals surface area contributed by atoms with Gasteiger partial charge in [-0.3, -0.25) is 0 Å². The maximum Gasteiger partial charge on any atom is 0.233 e. The predicted octanol–water partition coefficient (Wildman–Crippen LogP) is 2.38. The summed E-state index contributed by atoms with van der Waals surface area (Å²) in [7, 11) is -3.31. The van der Waals surface area contributed by atoms with E-state index in [9.17, 15) is 8.42 Å². The SMILES string of the molecule is C[C@@H](NS(=O)(=O)/C=C/c1ccccc1)C1CC1. The molecule has 1 saturated carbocycles. The average Bonchev–Trinajstić information content (AvgIpc) is 3.11. The molecule has 3 nitrogen and oxygen atoms in total. The van der Waals surface area contributed by atoms with Crippen LogP contribution >= 0.6 is 0 Å². The molecule has 2 rings (SSSR count). The van der Waals surface area contributed by atoms with Crippen molar-refractivity contribution < 1.29 is 8.42 Å². The van der Waals surface area contributed by atoms with E-state index in [0.717, 1.165) is 18.4 Å².